The van der Waals surface area contributed by atoms with Crippen LogP contribution in [0.1, 0.15) is 21.9 Å². The summed E-state index contributed by atoms with van der Waals surface area (Å²) in [4.78, 5) is 15.2. The first-order valence-corrected chi connectivity index (χ1v) is 5.56. The largest absolute Gasteiger partial charge is 0.463 e. The normalized spacial score (nSPS) is 10.3. The number of pyridine rings is 1. The molecule has 0 aliphatic rings. The predicted molar refractivity (Wildman–Crippen MR) is 64.8 cm³/mol. The molecular formula is C13H14N2O3. The van der Waals surface area contributed by atoms with E-state index in [0.717, 1.165) is 5.56 Å². The molecule has 2 aromatic heterocycles. The van der Waals surface area contributed by atoms with Gasteiger partial charge in [-0.1, -0.05) is 6.07 Å². The summed E-state index contributed by atoms with van der Waals surface area (Å²) in [5.41, 5.74) is 1.09. The summed E-state index contributed by atoms with van der Waals surface area (Å²) in [5, 5.41) is 3.20. The molecule has 0 amide bonds. The number of hydrogen-bond donors (Lipinski definition) is 1. The number of methoxy groups -OCH3 is 1. The van der Waals surface area contributed by atoms with E-state index in [1.54, 1.807) is 24.5 Å². The van der Waals surface area contributed by atoms with Crippen LogP contribution in [0.25, 0.3) is 0 Å². The van der Waals surface area contributed by atoms with Gasteiger partial charge in [0.2, 0.25) is 5.76 Å². The molecule has 5 heteroatoms. The number of nitrogens with zero attached hydrogens (tertiary/aromatic N) is 1. The maximum absolute atomic E-state index is 11.2. The molecule has 2 rings (SSSR count). The Morgan fingerprint density at radius 3 is 3.00 bits per heavy atom. The van der Waals surface area contributed by atoms with Crippen LogP contribution in [0.2, 0.25) is 0 Å². The summed E-state index contributed by atoms with van der Waals surface area (Å²) in [7, 11) is 1.32. The zero-order chi connectivity index (χ0) is 12.8. The third-order valence-corrected chi connectivity index (χ3v) is 2.40. The van der Waals surface area contributed by atoms with E-state index < -0.39 is 5.97 Å². The van der Waals surface area contributed by atoms with Crippen molar-refractivity contribution in [2.75, 3.05) is 7.11 Å². The number of nitrogens with one attached hydrogen (secondary N) is 1. The number of rotatable bonds is 5. The molecule has 5 nitrogen and oxygen atoms in total. The third kappa shape index (κ3) is 3.18. The average molecular weight is 246 g/mol. The van der Waals surface area contributed by atoms with Crippen LogP contribution in [-0.4, -0.2) is 18.1 Å². The topological polar surface area (TPSA) is 64.4 Å². The first-order valence-electron chi connectivity index (χ1n) is 5.56. The predicted octanol–water partition coefficient (Wildman–Crippen LogP) is 1.75. The van der Waals surface area contributed by atoms with Crippen LogP contribution in [0.5, 0.6) is 0 Å². The summed E-state index contributed by atoms with van der Waals surface area (Å²) in [6, 6.07) is 7.23. The van der Waals surface area contributed by atoms with Gasteiger partial charge in [-0.15, -0.1) is 0 Å². The lowest BCUT2D eigenvalue weighted by Crippen LogP contribution is -2.12. The lowest BCUT2D eigenvalue weighted by atomic mass is 10.3. The van der Waals surface area contributed by atoms with E-state index in [2.05, 4.69) is 15.0 Å². The molecule has 1 N–H and O–H groups in total. The minimum absolute atomic E-state index is 0.218. The molecular weight excluding hydrogens is 232 g/mol. The number of furan rings is 1. The molecule has 0 aliphatic heterocycles. The van der Waals surface area contributed by atoms with Gasteiger partial charge in [0.1, 0.15) is 5.76 Å². The van der Waals surface area contributed by atoms with Gasteiger partial charge < -0.3 is 14.5 Å². The Morgan fingerprint density at radius 2 is 2.28 bits per heavy atom. The Bertz CT molecular complexity index is 508. The smallest absolute Gasteiger partial charge is 0.373 e. The Morgan fingerprint density at radius 1 is 1.39 bits per heavy atom. The number of hydrogen-bond acceptors (Lipinski definition) is 5. The lowest BCUT2D eigenvalue weighted by molar-refractivity contribution is 0.0563. The molecule has 2 aromatic rings. The van der Waals surface area contributed by atoms with Crippen molar-refractivity contribution in [3.05, 3.63) is 53.7 Å². The van der Waals surface area contributed by atoms with Crippen LogP contribution in [-0.2, 0) is 17.8 Å². The maximum atomic E-state index is 11.2. The van der Waals surface area contributed by atoms with Crippen LogP contribution < -0.4 is 5.32 Å². The van der Waals surface area contributed by atoms with E-state index in [0.29, 0.717) is 18.8 Å². The van der Waals surface area contributed by atoms with Gasteiger partial charge in [-0.2, -0.15) is 0 Å². The van der Waals surface area contributed by atoms with Gasteiger partial charge in [-0.3, -0.25) is 4.98 Å². The number of carbonyl (C=O) groups excluding carboxylic acids is 1. The van der Waals surface area contributed by atoms with Crippen molar-refractivity contribution < 1.29 is 13.9 Å². The molecule has 0 saturated carbocycles. The fourth-order valence-electron chi connectivity index (χ4n) is 1.52. The van der Waals surface area contributed by atoms with E-state index in [-0.39, 0.29) is 5.76 Å². The van der Waals surface area contributed by atoms with Crippen molar-refractivity contribution in [3.8, 4) is 0 Å². The molecule has 0 aliphatic carbocycles. The molecule has 0 unspecified atom stereocenters. The average Bonchev–Trinajstić information content (AvgIpc) is 2.88. The molecule has 0 spiro atoms. The highest BCUT2D eigenvalue weighted by Gasteiger charge is 2.10. The van der Waals surface area contributed by atoms with Crippen molar-refractivity contribution in [2.24, 2.45) is 0 Å². The van der Waals surface area contributed by atoms with E-state index in [1.165, 1.54) is 7.11 Å². The van der Waals surface area contributed by atoms with Crippen LogP contribution in [0.3, 0.4) is 0 Å². The summed E-state index contributed by atoms with van der Waals surface area (Å²) in [6.07, 6.45) is 3.54. The lowest BCUT2D eigenvalue weighted by Gasteiger charge is -2.02. The molecule has 94 valence electrons. The summed E-state index contributed by atoms with van der Waals surface area (Å²) in [5.74, 6) is 0.448. The minimum atomic E-state index is -0.464. The molecule has 2 heterocycles. The first-order chi connectivity index (χ1) is 8.79. The highest BCUT2D eigenvalue weighted by Crippen LogP contribution is 2.09. The van der Waals surface area contributed by atoms with Crippen molar-refractivity contribution in [1.29, 1.82) is 0 Å². The van der Waals surface area contributed by atoms with Gasteiger partial charge in [0.15, 0.2) is 0 Å². The monoisotopic (exact) mass is 246 g/mol. The van der Waals surface area contributed by atoms with Gasteiger partial charge in [-0.05, 0) is 23.8 Å². The quantitative estimate of drug-likeness (QED) is 0.814. The molecule has 0 radical (unpaired) electrons. The molecule has 0 aromatic carbocycles. The summed E-state index contributed by atoms with van der Waals surface area (Å²) in [6.45, 7) is 1.24. The zero-order valence-electron chi connectivity index (χ0n) is 10.1. The van der Waals surface area contributed by atoms with E-state index in [1.807, 2.05) is 12.1 Å². The van der Waals surface area contributed by atoms with Crippen molar-refractivity contribution >= 4 is 5.97 Å². The fourth-order valence-corrected chi connectivity index (χ4v) is 1.52. The Kier molecular flexibility index (Phi) is 4.09. The molecule has 0 fully saturated rings. The van der Waals surface area contributed by atoms with Gasteiger partial charge in [0.05, 0.1) is 13.7 Å². The zero-order valence-corrected chi connectivity index (χ0v) is 10.1. The Hall–Kier alpha value is -2.14. The van der Waals surface area contributed by atoms with Crippen molar-refractivity contribution in [3.63, 3.8) is 0 Å². The summed E-state index contributed by atoms with van der Waals surface area (Å²) >= 11 is 0. The molecule has 0 atom stereocenters. The van der Waals surface area contributed by atoms with Gasteiger partial charge in [0.25, 0.3) is 0 Å². The molecule has 0 saturated heterocycles. The second-order valence-electron chi connectivity index (χ2n) is 3.72. The number of aromatic nitrogens is 1. The van der Waals surface area contributed by atoms with Crippen molar-refractivity contribution in [2.45, 2.75) is 13.1 Å². The van der Waals surface area contributed by atoms with Crippen LogP contribution >= 0.6 is 0 Å². The number of ether oxygens (including phenoxy) is 1. The van der Waals surface area contributed by atoms with Crippen LogP contribution in [0, 0.1) is 0 Å². The second kappa shape index (κ2) is 5.97. The van der Waals surface area contributed by atoms with Crippen molar-refractivity contribution in [1.82, 2.24) is 10.3 Å². The third-order valence-electron chi connectivity index (χ3n) is 2.40. The second-order valence-corrected chi connectivity index (χ2v) is 3.72. The molecule has 0 bridgehead atoms. The maximum Gasteiger partial charge on any atom is 0.373 e. The fraction of sp³-hybridized carbons (Fsp3) is 0.231. The highest BCUT2D eigenvalue weighted by atomic mass is 16.5. The standard InChI is InChI=1S/C13H14N2O3/c1-17-13(16)12-5-4-11(18-12)9-15-8-10-3-2-6-14-7-10/h2-7,15H,8-9H2,1H3. The highest BCUT2D eigenvalue weighted by molar-refractivity contribution is 5.86. The van der Waals surface area contributed by atoms with Gasteiger partial charge in [-0.25, -0.2) is 4.79 Å². The van der Waals surface area contributed by atoms with Gasteiger partial charge >= 0.3 is 5.97 Å². The van der Waals surface area contributed by atoms with Crippen LogP contribution in [0.15, 0.2) is 41.1 Å². The minimum Gasteiger partial charge on any atom is -0.463 e. The SMILES string of the molecule is COC(=O)c1ccc(CNCc2cccnc2)o1. The van der Waals surface area contributed by atoms with E-state index in [4.69, 9.17) is 4.42 Å². The Labute approximate surface area is 105 Å². The van der Waals surface area contributed by atoms with E-state index in [9.17, 15) is 4.79 Å². The Balaban J connectivity index is 1.84. The summed E-state index contributed by atoms with van der Waals surface area (Å²) < 4.78 is 9.88. The first kappa shape index (κ1) is 12.3. The number of carbonyl (C=O) groups is 1. The van der Waals surface area contributed by atoms with Gasteiger partial charge in [0, 0.05) is 18.9 Å². The van der Waals surface area contributed by atoms with E-state index >= 15 is 0 Å². The molecule has 18 heavy (non-hydrogen) atoms. The number of esters is 1. The van der Waals surface area contributed by atoms with Crippen LogP contribution in [0.4, 0.5) is 0 Å².